The van der Waals surface area contributed by atoms with Gasteiger partial charge in [0.15, 0.2) is 11.5 Å². The number of nitrogens with one attached hydrogen (secondary N) is 1. The fraction of sp³-hybridized carbons (Fsp3) is 0.185. The van der Waals surface area contributed by atoms with E-state index in [1.807, 2.05) is 72.8 Å². The van der Waals surface area contributed by atoms with Gasteiger partial charge >= 0.3 is 6.03 Å². The van der Waals surface area contributed by atoms with Gasteiger partial charge in [-0.2, -0.15) is 0 Å². The zero-order chi connectivity index (χ0) is 23.9. The number of fused-ring (bicyclic) bond motifs is 1. The Bertz CT molecular complexity index is 1350. The van der Waals surface area contributed by atoms with Gasteiger partial charge in [0, 0.05) is 13.6 Å². The predicted molar refractivity (Wildman–Crippen MR) is 127 cm³/mol. The van der Waals surface area contributed by atoms with E-state index >= 15 is 0 Å². The number of ether oxygens (including phenoxy) is 3. The average molecular weight is 469 g/mol. The zero-order valence-electron chi connectivity index (χ0n) is 19.1. The first-order valence-corrected chi connectivity index (χ1v) is 11.3. The zero-order valence-corrected chi connectivity index (χ0v) is 19.1. The Kier molecular flexibility index (Phi) is 5.06. The van der Waals surface area contributed by atoms with Gasteiger partial charge in [-0.25, -0.2) is 4.79 Å². The van der Waals surface area contributed by atoms with Gasteiger partial charge in [0.05, 0.1) is 23.9 Å². The summed E-state index contributed by atoms with van der Waals surface area (Å²) in [6.45, 7) is 0.947. The van der Waals surface area contributed by atoms with Crippen LogP contribution < -0.4 is 19.5 Å². The molecular formula is C27H23N3O5. The lowest BCUT2D eigenvalue weighted by Gasteiger charge is -2.31. The van der Waals surface area contributed by atoms with Crippen molar-refractivity contribution in [1.29, 1.82) is 0 Å². The molecule has 176 valence electrons. The summed E-state index contributed by atoms with van der Waals surface area (Å²) in [5.74, 6) is 2.61. The first kappa shape index (κ1) is 21.1. The van der Waals surface area contributed by atoms with Crippen molar-refractivity contribution in [2.75, 3.05) is 20.4 Å². The highest BCUT2D eigenvalue weighted by atomic mass is 16.7. The average Bonchev–Trinajstić information content (AvgIpc) is 3.47. The third-order valence-corrected chi connectivity index (χ3v) is 6.42. The Labute approximate surface area is 202 Å². The molecule has 0 aliphatic carbocycles. The van der Waals surface area contributed by atoms with Gasteiger partial charge in [0.2, 0.25) is 6.79 Å². The number of para-hydroxylation sites is 1. The quantitative estimate of drug-likeness (QED) is 0.606. The molecule has 0 radical (unpaired) electrons. The number of nitrogens with zero attached hydrogens (tertiary/aromatic N) is 2. The van der Waals surface area contributed by atoms with Gasteiger partial charge < -0.3 is 24.4 Å². The van der Waals surface area contributed by atoms with Crippen molar-refractivity contribution in [2.24, 2.45) is 0 Å². The maximum atomic E-state index is 13.6. The molecule has 8 nitrogen and oxygen atoms in total. The van der Waals surface area contributed by atoms with Crippen LogP contribution in [0, 0.1) is 0 Å². The minimum absolute atomic E-state index is 0.108. The van der Waals surface area contributed by atoms with E-state index in [-0.39, 0.29) is 18.7 Å². The Morgan fingerprint density at radius 1 is 0.943 bits per heavy atom. The van der Waals surface area contributed by atoms with Gasteiger partial charge in [-0.15, -0.1) is 0 Å². The second-order valence-corrected chi connectivity index (χ2v) is 8.64. The van der Waals surface area contributed by atoms with Crippen molar-refractivity contribution in [1.82, 2.24) is 15.1 Å². The van der Waals surface area contributed by atoms with Crippen LogP contribution in [0.2, 0.25) is 0 Å². The first-order valence-electron chi connectivity index (χ1n) is 11.3. The molecule has 3 aromatic rings. The summed E-state index contributed by atoms with van der Waals surface area (Å²) in [5, 5.41) is 2.98. The minimum Gasteiger partial charge on any atom is -0.457 e. The summed E-state index contributed by atoms with van der Waals surface area (Å²) < 4.78 is 16.8. The second-order valence-electron chi connectivity index (χ2n) is 8.64. The van der Waals surface area contributed by atoms with Crippen molar-refractivity contribution >= 4 is 11.9 Å². The molecule has 6 rings (SSSR count). The molecule has 35 heavy (non-hydrogen) atoms. The van der Waals surface area contributed by atoms with Crippen LogP contribution in [0.5, 0.6) is 23.0 Å². The number of benzene rings is 3. The molecule has 1 atom stereocenters. The lowest BCUT2D eigenvalue weighted by Crippen LogP contribution is -2.45. The molecule has 3 aliphatic heterocycles. The van der Waals surface area contributed by atoms with Crippen LogP contribution in [-0.2, 0) is 11.3 Å². The highest BCUT2D eigenvalue weighted by Crippen LogP contribution is 2.38. The summed E-state index contributed by atoms with van der Waals surface area (Å²) >= 11 is 0. The minimum atomic E-state index is -0.567. The number of likely N-dealkylation sites (N-methyl/N-ethyl adjacent to an activating group) is 1. The number of hydrogen-bond donors (Lipinski definition) is 1. The van der Waals surface area contributed by atoms with Gasteiger partial charge in [0.25, 0.3) is 5.91 Å². The molecular weight excluding hydrogens is 446 g/mol. The Morgan fingerprint density at radius 2 is 1.74 bits per heavy atom. The molecule has 1 N–H and O–H groups in total. The lowest BCUT2D eigenvalue weighted by molar-refractivity contribution is -0.126. The highest BCUT2D eigenvalue weighted by Gasteiger charge is 2.43. The van der Waals surface area contributed by atoms with Crippen LogP contribution in [0.1, 0.15) is 17.2 Å². The molecule has 0 fully saturated rings. The third-order valence-electron chi connectivity index (χ3n) is 6.42. The van der Waals surface area contributed by atoms with Crippen LogP contribution in [-0.4, -0.2) is 42.1 Å². The van der Waals surface area contributed by atoms with Crippen molar-refractivity contribution in [3.63, 3.8) is 0 Å². The number of amides is 3. The maximum absolute atomic E-state index is 13.6. The number of rotatable bonds is 5. The number of carbonyl (C=O) groups excluding carboxylic acids is 2. The first-order chi connectivity index (χ1) is 17.1. The molecule has 3 aliphatic rings. The van der Waals surface area contributed by atoms with Gasteiger partial charge in [-0.3, -0.25) is 9.69 Å². The Hall–Kier alpha value is -4.46. The molecule has 0 bridgehead atoms. The van der Waals surface area contributed by atoms with E-state index in [1.54, 1.807) is 11.9 Å². The molecule has 0 saturated carbocycles. The van der Waals surface area contributed by atoms with E-state index in [0.717, 1.165) is 11.1 Å². The topological polar surface area (TPSA) is 80.3 Å². The van der Waals surface area contributed by atoms with Gasteiger partial charge in [-0.1, -0.05) is 36.4 Å². The largest absolute Gasteiger partial charge is 0.457 e. The van der Waals surface area contributed by atoms with Gasteiger partial charge in [0.1, 0.15) is 11.5 Å². The molecule has 3 heterocycles. The third kappa shape index (κ3) is 3.82. The molecule has 0 aromatic heterocycles. The van der Waals surface area contributed by atoms with Gasteiger partial charge in [-0.05, 0) is 47.5 Å². The maximum Gasteiger partial charge on any atom is 0.322 e. The summed E-state index contributed by atoms with van der Waals surface area (Å²) in [4.78, 5) is 29.6. The summed E-state index contributed by atoms with van der Waals surface area (Å²) in [5.41, 5.74) is 2.99. The number of hydrogen-bond acceptors (Lipinski definition) is 5. The van der Waals surface area contributed by atoms with E-state index < -0.39 is 6.04 Å². The van der Waals surface area contributed by atoms with E-state index in [0.29, 0.717) is 47.4 Å². The monoisotopic (exact) mass is 469 g/mol. The SMILES string of the molecule is CN1C(=O)NC(c2cccc(Oc3ccccc3)c2)C2=C1CN(Cc1ccc3c(c1)OCO3)C2=O. The van der Waals surface area contributed by atoms with Crippen LogP contribution in [0.3, 0.4) is 0 Å². The van der Waals surface area contributed by atoms with Crippen molar-refractivity contribution in [3.8, 4) is 23.0 Å². The summed E-state index contributed by atoms with van der Waals surface area (Å²) in [6.07, 6.45) is 0. The molecule has 8 heteroatoms. The van der Waals surface area contributed by atoms with Crippen molar-refractivity contribution < 1.29 is 23.8 Å². The van der Waals surface area contributed by atoms with Crippen LogP contribution >= 0.6 is 0 Å². The molecule has 1 unspecified atom stereocenters. The fourth-order valence-electron chi connectivity index (χ4n) is 4.64. The summed E-state index contributed by atoms with van der Waals surface area (Å²) in [7, 11) is 1.69. The number of carbonyl (C=O) groups is 2. The standard InChI is InChI=1S/C27H23N3O5/c1-29-21-15-30(14-17-10-11-22-23(12-17)34-16-33-22)26(31)24(21)25(28-27(29)32)18-6-5-9-20(13-18)35-19-7-3-2-4-8-19/h2-13,25H,14-16H2,1H3,(H,28,32). The van der Waals surface area contributed by atoms with E-state index in [9.17, 15) is 9.59 Å². The Morgan fingerprint density at radius 3 is 2.60 bits per heavy atom. The second kappa shape index (κ2) is 8.39. The smallest absolute Gasteiger partial charge is 0.322 e. The molecule has 0 spiro atoms. The van der Waals surface area contributed by atoms with Crippen molar-refractivity contribution in [2.45, 2.75) is 12.6 Å². The van der Waals surface area contributed by atoms with E-state index in [4.69, 9.17) is 14.2 Å². The van der Waals surface area contributed by atoms with Crippen LogP contribution in [0.25, 0.3) is 0 Å². The number of urea groups is 1. The van der Waals surface area contributed by atoms with E-state index in [2.05, 4.69) is 5.32 Å². The van der Waals surface area contributed by atoms with Crippen LogP contribution in [0.4, 0.5) is 4.79 Å². The predicted octanol–water partition coefficient (Wildman–Crippen LogP) is 4.20. The fourth-order valence-corrected chi connectivity index (χ4v) is 4.64. The highest BCUT2D eigenvalue weighted by molar-refractivity contribution is 6.01. The Balaban J connectivity index is 1.28. The van der Waals surface area contributed by atoms with Crippen molar-refractivity contribution in [3.05, 3.63) is 95.2 Å². The summed E-state index contributed by atoms with van der Waals surface area (Å²) in [6, 6.07) is 21.8. The van der Waals surface area contributed by atoms with Crippen LogP contribution in [0.15, 0.2) is 84.1 Å². The molecule has 3 aromatic carbocycles. The lowest BCUT2D eigenvalue weighted by atomic mass is 9.95. The molecule has 0 saturated heterocycles. The normalized spacial score (nSPS) is 18.6. The molecule has 3 amide bonds. The van der Waals surface area contributed by atoms with E-state index in [1.165, 1.54) is 4.90 Å².